The van der Waals surface area contributed by atoms with Crippen molar-refractivity contribution in [3.05, 3.63) is 66.2 Å². The third-order valence-electron chi connectivity index (χ3n) is 4.84. The first kappa shape index (κ1) is 19.7. The number of carbonyl (C=O) groups excluding carboxylic acids is 2. The molecule has 0 aromatic heterocycles. The van der Waals surface area contributed by atoms with Crippen molar-refractivity contribution in [2.24, 2.45) is 5.92 Å². The van der Waals surface area contributed by atoms with Gasteiger partial charge in [-0.3, -0.25) is 9.59 Å². The summed E-state index contributed by atoms with van der Waals surface area (Å²) in [5, 5.41) is 2.95. The molecule has 0 unspecified atom stereocenters. The number of nitrogens with one attached hydrogen (secondary N) is 1. The van der Waals surface area contributed by atoms with Gasteiger partial charge in [0, 0.05) is 36.3 Å². The van der Waals surface area contributed by atoms with E-state index < -0.39 is 0 Å². The highest BCUT2D eigenvalue weighted by Gasteiger charge is 2.26. The third kappa shape index (κ3) is 5.22. The standard InChI is InChI=1S/C23H26N2O3/c1-2-28-21-11-7-6-8-18(21)12-13-22(26)25-16-14-19(15-17-25)23(27)24-20-9-4-3-5-10-20/h3-13,19H,2,14-17H2,1H3,(H,24,27)/b13-12+. The molecule has 1 aliphatic rings. The molecule has 28 heavy (non-hydrogen) atoms. The number of benzene rings is 2. The van der Waals surface area contributed by atoms with Gasteiger partial charge in [0.25, 0.3) is 0 Å². The van der Waals surface area contributed by atoms with Crippen molar-refractivity contribution in [3.8, 4) is 5.75 Å². The monoisotopic (exact) mass is 378 g/mol. The second kappa shape index (κ2) is 9.74. The first-order valence-corrected chi connectivity index (χ1v) is 9.72. The van der Waals surface area contributed by atoms with Crippen LogP contribution in [0.1, 0.15) is 25.3 Å². The van der Waals surface area contributed by atoms with Crippen LogP contribution in [0.25, 0.3) is 6.08 Å². The van der Waals surface area contributed by atoms with Crippen molar-refractivity contribution in [2.75, 3.05) is 25.0 Å². The molecule has 1 saturated heterocycles. The number of para-hydroxylation sites is 2. The van der Waals surface area contributed by atoms with Crippen molar-refractivity contribution in [1.29, 1.82) is 0 Å². The number of piperidine rings is 1. The van der Waals surface area contributed by atoms with Gasteiger partial charge in [0.2, 0.25) is 11.8 Å². The fourth-order valence-corrected chi connectivity index (χ4v) is 3.30. The maximum absolute atomic E-state index is 12.5. The minimum atomic E-state index is -0.0630. The van der Waals surface area contributed by atoms with Crippen LogP contribution in [-0.4, -0.2) is 36.4 Å². The quantitative estimate of drug-likeness (QED) is 0.774. The zero-order valence-corrected chi connectivity index (χ0v) is 16.1. The van der Waals surface area contributed by atoms with Crippen LogP contribution in [0.5, 0.6) is 5.75 Å². The molecule has 5 nitrogen and oxygen atoms in total. The highest BCUT2D eigenvalue weighted by atomic mass is 16.5. The summed E-state index contributed by atoms with van der Waals surface area (Å²) in [5.41, 5.74) is 1.69. The Balaban J connectivity index is 1.52. The van der Waals surface area contributed by atoms with Crippen molar-refractivity contribution >= 4 is 23.6 Å². The molecule has 0 saturated carbocycles. The number of carbonyl (C=O) groups is 2. The molecule has 146 valence electrons. The van der Waals surface area contributed by atoms with Gasteiger partial charge >= 0.3 is 0 Å². The lowest BCUT2D eigenvalue weighted by Gasteiger charge is -2.30. The van der Waals surface area contributed by atoms with Crippen molar-refractivity contribution in [1.82, 2.24) is 4.90 Å². The van der Waals surface area contributed by atoms with Crippen LogP contribution in [0.4, 0.5) is 5.69 Å². The Morgan fingerprint density at radius 2 is 1.75 bits per heavy atom. The number of nitrogens with zero attached hydrogens (tertiary/aromatic N) is 1. The van der Waals surface area contributed by atoms with Crippen LogP contribution in [0.15, 0.2) is 60.7 Å². The van der Waals surface area contributed by atoms with E-state index in [4.69, 9.17) is 4.74 Å². The van der Waals surface area contributed by atoms with Gasteiger partial charge in [-0.25, -0.2) is 0 Å². The summed E-state index contributed by atoms with van der Waals surface area (Å²) in [6.45, 7) is 3.69. The highest BCUT2D eigenvalue weighted by Crippen LogP contribution is 2.22. The number of ether oxygens (including phenoxy) is 1. The van der Waals surface area contributed by atoms with Crippen LogP contribution in [0, 0.1) is 5.92 Å². The maximum atomic E-state index is 12.5. The lowest BCUT2D eigenvalue weighted by atomic mass is 9.95. The molecule has 1 N–H and O–H groups in total. The Morgan fingerprint density at radius 3 is 2.46 bits per heavy atom. The van der Waals surface area contributed by atoms with E-state index in [9.17, 15) is 9.59 Å². The van der Waals surface area contributed by atoms with Gasteiger partial charge in [-0.05, 0) is 44.0 Å². The van der Waals surface area contributed by atoms with Gasteiger partial charge in [0.05, 0.1) is 6.61 Å². The lowest BCUT2D eigenvalue weighted by Crippen LogP contribution is -2.40. The fourth-order valence-electron chi connectivity index (χ4n) is 3.30. The van der Waals surface area contributed by atoms with Crippen molar-refractivity contribution in [2.45, 2.75) is 19.8 Å². The summed E-state index contributed by atoms with van der Waals surface area (Å²) in [6, 6.07) is 17.1. The number of likely N-dealkylation sites (tertiary alicyclic amines) is 1. The number of anilines is 1. The predicted octanol–water partition coefficient (Wildman–Crippen LogP) is 3.98. The molecule has 0 bridgehead atoms. The second-order valence-electron chi connectivity index (χ2n) is 6.76. The van der Waals surface area contributed by atoms with E-state index >= 15 is 0 Å². The second-order valence-corrected chi connectivity index (χ2v) is 6.76. The van der Waals surface area contributed by atoms with Gasteiger partial charge in [-0.2, -0.15) is 0 Å². The molecule has 2 amide bonds. The Labute approximate surface area is 166 Å². The molecular weight excluding hydrogens is 352 g/mol. The molecule has 0 radical (unpaired) electrons. The summed E-state index contributed by atoms with van der Waals surface area (Å²) in [7, 11) is 0. The normalized spacial score (nSPS) is 14.8. The Kier molecular flexibility index (Phi) is 6.84. The zero-order valence-electron chi connectivity index (χ0n) is 16.1. The SMILES string of the molecule is CCOc1ccccc1/C=C/C(=O)N1CCC(C(=O)Nc2ccccc2)CC1. The van der Waals surface area contributed by atoms with E-state index in [1.807, 2.05) is 61.5 Å². The maximum Gasteiger partial charge on any atom is 0.246 e. The van der Waals surface area contributed by atoms with Gasteiger partial charge in [0.15, 0.2) is 0 Å². The zero-order chi connectivity index (χ0) is 19.8. The van der Waals surface area contributed by atoms with E-state index in [2.05, 4.69) is 5.32 Å². The molecule has 1 heterocycles. The molecule has 2 aromatic carbocycles. The smallest absolute Gasteiger partial charge is 0.246 e. The van der Waals surface area contributed by atoms with E-state index in [0.717, 1.165) is 17.0 Å². The van der Waals surface area contributed by atoms with Gasteiger partial charge in [-0.15, -0.1) is 0 Å². The van der Waals surface area contributed by atoms with Crippen LogP contribution in [0.2, 0.25) is 0 Å². The van der Waals surface area contributed by atoms with E-state index in [1.165, 1.54) is 0 Å². The summed E-state index contributed by atoms with van der Waals surface area (Å²) in [5.74, 6) is 0.699. The summed E-state index contributed by atoms with van der Waals surface area (Å²) >= 11 is 0. The van der Waals surface area contributed by atoms with Crippen LogP contribution in [0.3, 0.4) is 0 Å². The Bertz CT molecular complexity index is 825. The van der Waals surface area contributed by atoms with Gasteiger partial charge < -0.3 is 15.0 Å². The minimum Gasteiger partial charge on any atom is -0.493 e. The topological polar surface area (TPSA) is 58.6 Å². The van der Waals surface area contributed by atoms with Gasteiger partial charge in [0.1, 0.15) is 5.75 Å². The molecule has 5 heteroatoms. The van der Waals surface area contributed by atoms with E-state index in [1.54, 1.807) is 17.1 Å². The number of hydrogen-bond donors (Lipinski definition) is 1. The molecule has 0 aliphatic carbocycles. The summed E-state index contributed by atoms with van der Waals surface area (Å²) in [6.07, 6.45) is 4.73. The number of rotatable bonds is 6. The number of hydrogen-bond acceptors (Lipinski definition) is 3. The summed E-state index contributed by atoms with van der Waals surface area (Å²) in [4.78, 5) is 26.7. The van der Waals surface area contributed by atoms with Crippen LogP contribution >= 0.6 is 0 Å². The first-order valence-electron chi connectivity index (χ1n) is 9.72. The van der Waals surface area contributed by atoms with Crippen LogP contribution < -0.4 is 10.1 Å². The minimum absolute atomic E-state index is 0.0273. The van der Waals surface area contributed by atoms with Crippen molar-refractivity contribution < 1.29 is 14.3 Å². The van der Waals surface area contributed by atoms with E-state index in [0.29, 0.717) is 32.5 Å². The average molecular weight is 378 g/mol. The third-order valence-corrected chi connectivity index (χ3v) is 4.84. The molecule has 0 atom stereocenters. The van der Waals surface area contributed by atoms with Crippen LogP contribution in [-0.2, 0) is 9.59 Å². The Hall–Kier alpha value is -3.08. The van der Waals surface area contributed by atoms with Gasteiger partial charge in [-0.1, -0.05) is 36.4 Å². The highest BCUT2D eigenvalue weighted by molar-refractivity contribution is 5.94. The number of amides is 2. The first-order chi connectivity index (χ1) is 13.7. The molecular formula is C23H26N2O3. The molecule has 1 aliphatic heterocycles. The molecule has 1 fully saturated rings. The largest absolute Gasteiger partial charge is 0.493 e. The fraction of sp³-hybridized carbons (Fsp3) is 0.304. The predicted molar refractivity (Wildman–Crippen MR) is 111 cm³/mol. The van der Waals surface area contributed by atoms with Crippen molar-refractivity contribution in [3.63, 3.8) is 0 Å². The average Bonchev–Trinajstić information content (AvgIpc) is 2.74. The molecule has 0 spiro atoms. The lowest BCUT2D eigenvalue weighted by molar-refractivity contribution is -0.130. The Morgan fingerprint density at radius 1 is 1.07 bits per heavy atom. The molecule has 2 aromatic rings. The molecule has 3 rings (SSSR count). The van der Waals surface area contributed by atoms with E-state index in [-0.39, 0.29) is 17.7 Å². The summed E-state index contributed by atoms with van der Waals surface area (Å²) < 4.78 is 5.58.